The third kappa shape index (κ3) is 7.06. The summed E-state index contributed by atoms with van der Waals surface area (Å²) in [6, 6.07) is 28.6. The van der Waals surface area contributed by atoms with Crippen molar-refractivity contribution < 1.29 is 35.2 Å². The van der Waals surface area contributed by atoms with Gasteiger partial charge in [0.05, 0.1) is 22.6 Å². The first-order valence-corrected chi connectivity index (χ1v) is 20.1. The van der Waals surface area contributed by atoms with Crippen molar-refractivity contribution in [3.63, 3.8) is 0 Å². The lowest BCUT2D eigenvalue weighted by Crippen LogP contribution is -2.36. The van der Waals surface area contributed by atoms with E-state index < -0.39 is 20.2 Å². The van der Waals surface area contributed by atoms with Crippen LogP contribution in [0.4, 0.5) is 5.69 Å². The van der Waals surface area contributed by atoms with Crippen LogP contribution in [-0.4, -0.2) is 44.0 Å². The average molecular weight is 716 g/mol. The Kier molecular flexibility index (Phi) is 8.92. The second kappa shape index (κ2) is 13.2. The summed E-state index contributed by atoms with van der Waals surface area (Å²) in [4.78, 5) is 1.99. The second-order valence-corrected chi connectivity index (χ2v) is 16.4. The Balaban J connectivity index is 1.34. The summed E-state index contributed by atoms with van der Waals surface area (Å²) in [6.45, 7) is 2.73. The molecule has 1 aromatic heterocycles. The molecular formula is C37H35N2O7S3+. The Morgan fingerprint density at radius 3 is 2.22 bits per heavy atom. The number of hydrogen-bond acceptors (Lipinski definition) is 7. The third-order valence-electron chi connectivity index (χ3n) is 8.78. The molecule has 6 aromatic rings. The van der Waals surface area contributed by atoms with Crippen molar-refractivity contribution in [1.82, 2.24) is 0 Å². The van der Waals surface area contributed by atoms with Crippen LogP contribution < -0.4 is 14.2 Å². The minimum atomic E-state index is -4.15. The third-order valence-corrected chi connectivity index (χ3v) is 11.5. The van der Waals surface area contributed by atoms with Crippen molar-refractivity contribution in [2.24, 2.45) is 0 Å². The van der Waals surface area contributed by atoms with Gasteiger partial charge in [0.2, 0.25) is 11.4 Å². The highest BCUT2D eigenvalue weighted by molar-refractivity contribution is 7.86. The summed E-state index contributed by atoms with van der Waals surface area (Å²) in [5.74, 6) is 0.480. The fraction of sp³-hybridized carbons (Fsp3) is 0.216. The quantitative estimate of drug-likeness (QED) is 0.0793. The summed E-state index contributed by atoms with van der Waals surface area (Å²) >= 11 is 1.60. The summed E-state index contributed by atoms with van der Waals surface area (Å²) in [5.41, 5.74) is 2.79. The molecule has 2 N–H and O–H groups in total. The molecule has 0 saturated carbocycles. The van der Waals surface area contributed by atoms with E-state index in [9.17, 15) is 25.9 Å². The van der Waals surface area contributed by atoms with E-state index in [1.165, 1.54) is 0 Å². The predicted molar refractivity (Wildman–Crippen MR) is 197 cm³/mol. The van der Waals surface area contributed by atoms with E-state index in [-0.39, 0.29) is 24.3 Å². The van der Waals surface area contributed by atoms with E-state index >= 15 is 0 Å². The molecule has 2 heterocycles. The summed E-state index contributed by atoms with van der Waals surface area (Å²) in [6.07, 6.45) is 5.11. The summed E-state index contributed by atoms with van der Waals surface area (Å²) in [7, 11) is -8.27. The van der Waals surface area contributed by atoms with Crippen molar-refractivity contribution in [1.29, 1.82) is 0 Å². The lowest BCUT2D eigenvalue weighted by Gasteiger charge is -2.20. The van der Waals surface area contributed by atoms with Crippen LogP contribution in [-0.2, 0) is 26.8 Å². The van der Waals surface area contributed by atoms with Gasteiger partial charge in [0.15, 0.2) is 12.3 Å². The van der Waals surface area contributed by atoms with Crippen LogP contribution in [0.1, 0.15) is 31.2 Å². The number of aromatic nitrogens is 1. The number of benzene rings is 5. The van der Waals surface area contributed by atoms with Gasteiger partial charge in [-0.2, -0.15) is 21.4 Å². The first-order valence-electron chi connectivity index (χ1n) is 16.0. The maximum Gasteiger partial charge on any atom is 0.265 e. The maximum atomic E-state index is 11.7. The normalized spacial score (nSPS) is 14.8. The molecule has 0 atom stereocenters. The van der Waals surface area contributed by atoms with Crippen LogP contribution in [0.2, 0.25) is 0 Å². The first kappa shape index (κ1) is 33.2. The van der Waals surface area contributed by atoms with Crippen LogP contribution in [0, 0.1) is 0 Å². The molecule has 252 valence electrons. The van der Waals surface area contributed by atoms with Crippen molar-refractivity contribution in [2.45, 2.75) is 32.7 Å². The van der Waals surface area contributed by atoms with E-state index in [1.807, 2.05) is 60.4 Å². The van der Waals surface area contributed by atoms with Gasteiger partial charge in [-0.25, -0.2) is 0 Å². The summed E-state index contributed by atoms with van der Waals surface area (Å²) in [5, 5.41) is 7.23. The van der Waals surface area contributed by atoms with Gasteiger partial charge < -0.3 is 9.64 Å². The van der Waals surface area contributed by atoms with E-state index in [1.54, 1.807) is 11.3 Å². The van der Waals surface area contributed by atoms with Crippen LogP contribution in [0.15, 0.2) is 102 Å². The molecular weight excluding hydrogens is 681 g/mol. The molecule has 0 saturated heterocycles. The Labute approximate surface area is 288 Å². The number of hydrogen-bond donors (Lipinski definition) is 2. The molecule has 0 spiro atoms. The molecule has 1 aliphatic rings. The smallest absolute Gasteiger partial charge is 0.265 e. The highest BCUT2D eigenvalue weighted by Gasteiger charge is 2.30. The Bertz CT molecular complexity index is 2540. The van der Waals surface area contributed by atoms with Gasteiger partial charge in [0.1, 0.15) is 4.70 Å². The van der Waals surface area contributed by atoms with Gasteiger partial charge in [-0.3, -0.25) is 9.11 Å². The van der Waals surface area contributed by atoms with Crippen LogP contribution in [0.25, 0.3) is 48.6 Å². The Hall–Kier alpha value is -4.33. The Morgan fingerprint density at radius 2 is 1.49 bits per heavy atom. The van der Waals surface area contributed by atoms with Crippen LogP contribution in [0.3, 0.4) is 0 Å². The molecule has 5 aromatic carbocycles. The van der Waals surface area contributed by atoms with E-state index in [4.69, 9.17) is 4.74 Å². The largest absolute Gasteiger partial charge is 0.439 e. The molecule has 0 amide bonds. The minimum Gasteiger partial charge on any atom is -0.439 e. The number of nitrogens with zero attached hydrogens (tertiary/aromatic N) is 2. The second-order valence-electron chi connectivity index (χ2n) is 12.1. The molecule has 0 bridgehead atoms. The van der Waals surface area contributed by atoms with Crippen molar-refractivity contribution in [2.75, 3.05) is 23.0 Å². The van der Waals surface area contributed by atoms with E-state index in [0.717, 1.165) is 58.8 Å². The standard InChI is InChI=1S/C37H34N2O7S3/c1-2-25(22-35-39(18-8-20-49(43,44)45)37-30-12-6-5-9-26(30)14-16-33(37)47-35)21-34-38(17-7-19-48(40,41)42)36-31-24-28-11-4-3-10-27(28)23-29(31)13-15-32(36)46-34/h3-6,9-16,21-24H,2,7-8,17-20H2,1H3,(H-,40,41,42,43,44,45)/p+1. The monoisotopic (exact) mass is 715 g/mol. The van der Waals surface area contributed by atoms with Gasteiger partial charge in [-0.05, 0) is 70.3 Å². The highest BCUT2D eigenvalue weighted by atomic mass is 32.2. The van der Waals surface area contributed by atoms with Gasteiger partial charge in [-0.15, -0.1) is 0 Å². The molecule has 0 aliphatic carbocycles. The molecule has 0 fully saturated rings. The number of allylic oxidation sites excluding steroid dienone is 2. The topological polar surface area (TPSA) is 125 Å². The fourth-order valence-electron chi connectivity index (χ4n) is 6.52. The van der Waals surface area contributed by atoms with E-state index in [2.05, 4.69) is 53.1 Å². The molecule has 12 heteroatoms. The number of fused-ring (bicyclic) bond motifs is 7. The number of rotatable bonds is 11. The van der Waals surface area contributed by atoms with Crippen molar-refractivity contribution in [3.8, 4) is 5.75 Å². The van der Waals surface area contributed by atoms with Crippen molar-refractivity contribution >= 4 is 85.9 Å². The van der Waals surface area contributed by atoms with Crippen molar-refractivity contribution in [3.05, 3.63) is 107 Å². The number of ether oxygens (including phenoxy) is 1. The predicted octanol–water partition coefficient (Wildman–Crippen LogP) is 7.74. The van der Waals surface area contributed by atoms with Gasteiger partial charge in [0, 0.05) is 30.5 Å². The molecule has 49 heavy (non-hydrogen) atoms. The molecule has 9 nitrogen and oxygen atoms in total. The number of anilines is 1. The average Bonchev–Trinajstić information content (AvgIpc) is 3.59. The van der Waals surface area contributed by atoms with E-state index in [0.29, 0.717) is 31.1 Å². The number of aryl methyl sites for hydroxylation is 1. The van der Waals surface area contributed by atoms with Crippen LogP contribution in [0.5, 0.6) is 5.75 Å². The number of thiazole rings is 1. The first-order chi connectivity index (χ1) is 23.5. The lowest BCUT2D eigenvalue weighted by molar-refractivity contribution is -0.667. The van der Waals surface area contributed by atoms with Gasteiger partial charge in [-0.1, -0.05) is 72.9 Å². The van der Waals surface area contributed by atoms with Crippen LogP contribution >= 0.6 is 11.3 Å². The Morgan fingerprint density at radius 1 is 0.816 bits per heavy atom. The van der Waals surface area contributed by atoms with Gasteiger partial charge in [0.25, 0.3) is 25.2 Å². The molecule has 1 aliphatic heterocycles. The SMILES string of the molecule is CCC(=Cc1sc2ccc3ccccc3c2[n+]1CCCS(=O)(=O)O)C=C1Oc2ccc3cc4ccccc4cc3c2N1CCCS(=O)(=O)O. The molecule has 0 unspecified atom stereocenters. The zero-order valence-corrected chi connectivity index (χ0v) is 29.2. The molecule has 0 radical (unpaired) electrons. The maximum absolute atomic E-state index is 11.7. The summed E-state index contributed by atoms with van der Waals surface area (Å²) < 4.78 is 75.1. The fourth-order valence-corrected chi connectivity index (χ4v) is 8.69. The minimum absolute atomic E-state index is 0.186. The highest BCUT2D eigenvalue weighted by Crippen LogP contribution is 2.45. The lowest BCUT2D eigenvalue weighted by atomic mass is 10.0. The zero-order valence-electron chi connectivity index (χ0n) is 26.7. The zero-order chi connectivity index (χ0) is 34.3. The molecule has 7 rings (SSSR count). The van der Waals surface area contributed by atoms with Gasteiger partial charge >= 0.3 is 0 Å².